The Morgan fingerprint density at radius 1 is 0.636 bits per heavy atom. The lowest BCUT2D eigenvalue weighted by molar-refractivity contribution is 1.14. The summed E-state index contributed by atoms with van der Waals surface area (Å²) in [5, 5.41) is 3.43. The highest BCUT2D eigenvalue weighted by atomic mass is 14.9. The molecule has 3 aromatic rings. The van der Waals surface area contributed by atoms with E-state index in [1.165, 1.54) is 22.3 Å². The molecule has 0 aliphatic carbocycles. The molecule has 0 unspecified atom stereocenters. The smallest absolute Gasteiger partial charge is 0.0384 e. The van der Waals surface area contributed by atoms with Gasteiger partial charge in [0.15, 0.2) is 0 Å². The van der Waals surface area contributed by atoms with Gasteiger partial charge >= 0.3 is 0 Å². The molecule has 0 saturated carbocycles. The van der Waals surface area contributed by atoms with E-state index in [1.807, 2.05) is 0 Å². The molecule has 1 N–H and O–H groups in total. The van der Waals surface area contributed by atoms with Crippen LogP contribution in [0.15, 0.2) is 72.8 Å². The summed E-state index contributed by atoms with van der Waals surface area (Å²) >= 11 is 0. The van der Waals surface area contributed by atoms with Crippen molar-refractivity contribution < 1.29 is 0 Å². The molecule has 0 aromatic heterocycles. The van der Waals surface area contributed by atoms with Crippen LogP contribution in [0.5, 0.6) is 0 Å². The summed E-state index contributed by atoms with van der Waals surface area (Å²) in [7, 11) is 0. The molecule has 1 nitrogen and oxygen atoms in total. The Morgan fingerprint density at radius 3 is 1.59 bits per heavy atom. The summed E-state index contributed by atoms with van der Waals surface area (Å²) in [6.07, 6.45) is 1.08. The second-order valence-electron chi connectivity index (χ2n) is 5.62. The third kappa shape index (κ3) is 3.37. The Kier molecular flexibility index (Phi) is 4.24. The topological polar surface area (TPSA) is 12.0 Å². The molecule has 0 amide bonds. The fraction of sp³-hybridized carbons (Fsp3) is 0.143. The van der Waals surface area contributed by atoms with Crippen LogP contribution in [0.1, 0.15) is 18.1 Å². The van der Waals surface area contributed by atoms with Gasteiger partial charge in [0.25, 0.3) is 0 Å². The summed E-state index contributed by atoms with van der Waals surface area (Å²) < 4.78 is 0. The van der Waals surface area contributed by atoms with Crippen LogP contribution in [0.25, 0.3) is 11.1 Å². The molecule has 0 aliphatic rings. The van der Waals surface area contributed by atoms with E-state index in [1.54, 1.807) is 0 Å². The molecule has 0 saturated heterocycles. The van der Waals surface area contributed by atoms with Crippen molar-refractivity contribution in [2.24, 2.45) is 0 Å². The molecule has 0 fully saturated rings. The molecule has 1 heteroatoms. The molecule has 0 radical (unpaired) electrons. The SMILES string of the molecule is CCc1ccc(-c2ccc(Nc3ccc(C)cc3)cc2)cc1. The van der Waals surface area contributed by atoms with Crippen molar-refractivity contribution in [3.05, 3.63) is 83.9 Å². The average molecular weight is 287 g/mol. The van der Waals surface area contributed by atoms with Gasteiger partial charge in [-0.1, -0.05) is 61.0 Å². The fourth-order valence-electron chi connectivity index (χ4n) is 2.48. The minimum Gasteiger partial charge on any atom is -0.356 e. The maximum atomic E-state index is 3.43. The Balaban J connectivity index is 1.75. The third-order valence-electron chi connectivity index (χ3n) is 3.92. The van der Waals surface area contributed by atoms with Crippen molar-refractivity contribution in [3.8, 4) is 11.1 Å². The number of hydrogen-bond acceptors (Lipinski definition) is 1. The number of hydrogen-bond donors (Lipinski definition) is 1. The van der Waals surface area contributed by atoms with Crippen molar-refractivity contribution in [2.75, 3.05) is 5.32 Å². The second kappa shape index (κ2) is 6.48. The summed E-state index contributed by atoms with van der Waals surface area (Å²) in [5.74, 6) is 0. The first-order chi connectivity index (χ1) is 10.7. The highest BCUT2D eigenvalue weighted by Gasteiger charge is 1.99. The van der Waals surface area contributed by atoms with E-state index < -0.39 is 0 Å². The largest absolute Gasteiger partial charge is 0.356 e. The Morgan fingerprint density at radius 2 is 1.09 bits per heavy atom. The first-order valence-corrected chi connectivity index (χ1v) is 7.77. The highest BCUT2D eigenvalue weighted by Crippen LogP contribution is 2.24. The van der Waals surface area contributed by atoms with E-state index in [-0.39, 0.29) is 0 Å². The number of anilines is 2. The van der Waals surface area contributed by atoms with Crippen molar-refractivity contribution >= 4 is 11.4 Å². The molecule has 0 atom stereocenters. The maximum Gasteiger partial charge on any atom is 0.0384 e. The lowest BCUT2D eigenvalue weighted by Gasteiger charge is -2.08. The van der Waals surface area contributed by atoms with Gasteiger partial charge in [0.2, 0.25) is 0 Å². The van der Waals surface area contributed by atoms with E-state index in [2.05, 4.69) is 92.0 Å². The lowest BCUT2D eigenvalue weighted by Crippen LogP contribution is -1.90. The van der Waals surface area contributed by atoms with Crippen LogP contribution in [0, 0.1) is 6.92 Å². The van der Waals surface area contributed by atoms with Crippen LogP contribution in [-0.2, 0) is 6.42 Å². The fourth-order valence-corrected chi connectivity index (χ4v) is 2.48. The van der Waals surface area contributed by atoms with Crippen molar-refractivity contribution in [2.45, 2.75) is 20.3 Å². The first-order valence-electron chi connectivity index (χ1n) is 7.77. The Hall–Kier alpha value is -2.54. The van der Waals surface area contributed by atoms with Gasteiger partial charge in [-0.25, -0.2) is 0 Å². The van der Waals surface area contributed by atoms with Gasteiger partial charge in [-0.05, 0) is 54.3 Å². The van der Waals surface area contributed by atoms with Crippen LogP contribution >= 0.6 is 0 Å². The van der Waals surface area contributed by atoms with E-state index in [4.69, 9.17) is 0 Å². The standard InChI is InChI=1S/C21H21N/c1-3-17-6-8-18(9-7-17)19-10-14-21(15-11-19)22-20-12-4-16(2)5-13-20/h4-15,22H,3H2,1-2H3. The van der Waals surface area contributed by atoms with Crippen LogP contribution < -0.4 is 5.32 Å². The summed E-state index contributed by atoms with van der Waals surface area (Å²) in [5.41, 5.74) is 7.39. The van der Waals surface area contributed by atoms with Crippen molar-refractivity contribution in [1.29, 1.82) is 0 Å². The monoisotopic (exact) mass is 287 g/mol. The molecule has 22 heavy (non-hydrogen) atoms. The first kappa shape index (κ1) is 14.4. The van der Waals surface area contributed by atoms with Crippen LogP contribution in [-0.4, -0.2) is 0 Å². The van der Waals surface area contributed by atoms with Crippen LogP contribution in [0.2, 0.25) is 0 Å². The van der Waals surface area contributed by atoms with E-state index >= 15 is 0 Å². The average Bonchev–Trinajstić information content (AvgIpc) is 2.58. The summed E-state index contributed by atoms with van der Waals surface area (Å²) in [6, 6.07) is 25.8. The van der Waals surface area contributed by atoms with E-state index in [9.17, 15) is 0 Å². The quantitative estimate of drug-likeness (QED) is 0.623. The zero-order chi connectivity index (χ0) is 15.4. The minimum absolute atomic E-state index is 1.08. The van der Waals surface area contributed by atoms with Crippen LogP contribution in [0.3, 0.4) is 0 Å². The predicted octanol–water partition coefficient (Wildman–Crippen LogP) is 5.97. The number of rotatable bonds is 4. The second-order valence-corrected chi connectivity index (χ2v) is 5.62. The Labute approximate surface area is 132 Å². The zero-order valence-corrected chi connectivity index (χ0v) is 13.1. The number of aryl methyl sites for hydroxylation is 2. The van der Waals surface area contributed by atoms with Crippen molar-refractivity contribution in [1.82, 2.24) is 0 Å². The minimum atomic E-state index is 1.08. The summed E-state index contributed by atoms with van der Waals surface area (Å²) in [4.78, 5) is 0. The van der Waals surface area contributed by atoms with Gasteiger partial charge in [0.05, 0.1) is 0 Å². The van der Waals surface area contributed by atoms with Gasteiger partial charge in [0.1, 0.15) is 0 Å². The molecule has 110 valence electrons. The molecule has 0 spiro atoms. The molecule has 3 aromatic carbocycles. The Bertz CT molecular complexity index is 722. The summed E-state index contributed by atoms with van der Waals surface area (Å²) in [6.45, 7) is 4.28. The van der Waals surface area contributed by atoms with Gasteiger partial charge in [-0.2, -0.15) is 0 Å². The molecule has 0 aliphatic heterocycles. The molecule has 0 heterocycles. The lowest BCUT2D eigenvalue weighted by atomic mass is 10.0. The van der Waals surface area contributed by atoms with Gasteiger partial charge in [0, 0.05) is 11.4 Å². The molecule has 0 bridgehead atoms. The molecule has 3 rings (SSSR count). The highest BCUT2D eigenvalue weighted by molar-refractivity contribution is 5.68. The van der Waals surface area contributed by atoms with E-state index in [0.717, 1.165) is 17.8 Å². The normalized spacial score (nSPS) is 10.5. The molecular weight excluding hydrogens is 266 g/mol. The van der Waals surface area contributed by atoms with E-state index in [0.29, 0.717) is 0 Å². The van der Waals surface area contributed by atoms with Crippen molar-refractivity contribution in [3.63, 3.8) is 0 Å². The number of benzene rings is 3. The predicted molar refractivity (Wildman–Crippen MR) is 95.7 cm³/mol. The number of nitrogens with one attached hydrogen (secondary N) is 1. The van der Waals surface area contributed by atoms with Gasteiger partial charge in [-0.15, -0.1) is 0 Å². The van der Waals surface area contributed by atoms with Gasteiger partial charge in [-0.3, -0.25) is 0 Å². The zero-order valence-electron chi connectivity index (χ0n) is 13.1. The maximum absolute atomic E-state index is 3.43. The van der Waals surface area contributed by atoms with Crippen LogP contribution in [0.4, 0.5) is 11.4 Å². The molecular formula is C21H21N. The third-order valence-corrected chi connectivity index (χ3v) is 3.92. The van der Waals surface area contributed by atoms with Gasteiger partial charge < -0.3 is 5.32 Å².